The molecule has 4 rings (SSSR count). The quantitative estimate of drug-likeness (QED) is 0.865. The first-order valence-corrected chi connectivity index (χ1v) is 8.63. The van der Waals surface area contributed by atoms with Crippen LogP contribution in [0.5, 0.6) is 0 Å². The summed E-state index contributed by atoms with van der Waals surface area (Å²) in [5, 5.41) is 0. The van der Waals surface area contributed by atoms with E-state index in [1.54, 1.807) is 6.20 Å². The van der Waals surface area contributed by atoms with Gasteiger partial charge in [-0.15, -0.1) is 0 Å². The van der Waals surface area contributed by atoms with E-state index in [1.807, 2.05) is 17.1 Å². The van der Waals surface area contributed by atoms with Gasteiger partial charge in [-0.05, 0) is 44.4 Å². The van der Waals surface area contributed by atoms with Gasteiger partial charge in [0.1, 0.15) is 12.1 Å². The Balaban J connectivity index is 1.59. The number of nitrogens with zero attached hydrogens (tertiary/aromatic N) is 4. The van der Waals surface area contributed by atoms with E-state index in [4.69, 9.17) is 4.98 Å². The topological polar surface area (TPSA) is 34.0 Å². The second kappa shape index (κ2) is 6.21. The van der Waals surface area contributed by atoms with E-state index in [2.05, 4.69) is 28.1 Å². The van der Waals surface area contributed by atoms with Crippen LogP contribution in [-0.2, 0) is 0 Å². The van der Waals surface area contributed by atoms with E-state index in [1.165, 1.54) is 57.2 Å². The summed E-state index contributed by atoms with van der Waals surface area (Å²) in [4.78, 5) is 11.8. The second-order valence-corrected chi connectivity index (χ2v) is 6.58. The molecule has 2 aromatic heterocycles. The van der Waals surface area contributed by atoms with Crippen molar-refractivity contribution in [3.8, 4) is 5.82 Å². The van der Waals surface area contributed by atoms with Crippen molar-refractivity contribution in [2.75, 3.05) is 6.54 Å². The van der Waals surface area contributed by atoms with Gasteiger partial charge in [0, 0.05) is 18.4 Å². The minimum atomic E-state index is 0.506. The normalized spacial score (nSPS) is 23.9. The molecule has 4 heteroatoms. The summed E-state index contributed by atoms with van der Waals surface area (Å²) in [6, 6.07) is 7.68. The van der Waals surface area contributed by atoms with Crippen LogP contribution in [0.25, 0.3) is 5.82 Å². The number of imidazole rings is 1. The van der Waals surface area contributed by atoms with Crippen LogP contribution < -0.4 is 0 Å². The third-order valence-electron chi connectivity index (χ3n) is 5.20. The fourth-order valence-electron chi connectivity index (χ4n) is 4.12. The lowest BCUT2D eigenvalue weighted by atomic mass is 9.93. The van der Waals surface area contributed by atoms with E-state index in [-0.39, 0.29) is 0 Å². The van der Waals surface area contributed by atoms with Gasteiger partial charge in [-0.2, -0.15) is 0 Å². The van der Waals surface area contributed by atoms with Crippen molar-refractivity contribution in [1.29, 1.82) is 0 Å². The molecule has 1 aliphatic carbocycles. The first-order valence-electron chi connectivity index (χ1n) is 8.63. The third kappa shape index (κ3) is 2.68. The summed E-state index contributed by atoms with van der Waals surface area (Å²) >= 11 is 0. The molecule has 0 aromatic carbocycles. The molecule has 0 N–H and O–H groups in total. The Kier molecular flexibility index (Phi) is 3.94. The first-order chi connectivity index (χ1) is 10.9. The first kappa shape index (κ1) is 13.9. The molecule has 2 fully saturated rings. The van der Waals surface area contributed by atoms with Gasteiger partial charge in [-0.3, -0.25) is 9.47 Å². The number of hydrogen-bond donors (Lipinski definition) is 0. The van der Waals surface area contributed by atoms with Gasteiger partial charge in [0.25, 0.3) is 0 Å². The number of aromatic nitrogens is 3. The molecule has 3 heterocycles. The Morgan fingerprint density at radius 1 is 1.00 bits per heavy atom. The largest absolute Gasteiger partial charge is 0.292 e. The number of hydrogen-bond acceptors (Lipinski definition) is 3. The fourth-order valence-corrected chi connectivity index (χ4v) is 4.12. The minimum absolute atomic E-state index is 0.506. The van der Waals surface area contributed by atoms with Gasteiger partial charge in [-0.1, -0.05) is 25.3 Å². The Labute approximate surface area is 132 Å². The zero-order chi connectivity index (χ0) is 14.8. The zero-order valence-corrected chi connectivity index (χ0v) is 13.1. The zero-order valence-electron chi connectivity index (χ0n) is 13.1. The minimum Gasteiger partial charge on any atom is -0.292 e. The van der Waals surface area contributed by atoms with Crippen LogP contribution in [0.4, 0.5) is 0 Å². The van der Waals surface area contributed by atoms with Crippen LogP contribution in [0, 0.1) is 0 Å². The Morgan fingerprint density at radius 2 is 1.91 bits per heavy atom. The van der Waals surface area contributed by atoms with Gasteiger partial charge in [0.2, 0.25) is 0 Å². The number of rotatable bonds is 3. The molecular formula is C18H24N4. The third-order valence-corrected chi connectivity index (χ3v) is 5.20. The van der Waals surface area contributed by atoms with E-state index in [9.17, 15) is 0 Å². The molecule has 0 amide bonds. The molecule has 2 aliphatic rings. The predicted molar refractivity (Wildman–Crippen MR) is 86.9 cm³/mol. The van der Waals surface area contributed by atoms with Crippen LogP contribution in [0.3, 0.4) is 0 Å². The fraction of sp³-hybridized carbons (Fsp3) is 0.556. The van der Waals surface area contributed by atoms with Crippen LogP contribution >= 0.6 is 0 Å². The second-order valence-electron chi connectivity index (χ2n) is 6.58. The molecule has 22 heavy (non-hydrogen) atoms. The maximum absolute atomic E-state index is 4.92. The highest BCUT2D eigenvalue weighted by Crippen LogP contribution is 2.37. The van der Waals surface area contributed by atoms with Gasteiger partial charge in [0.15, 0.2) is 0 Å². The average molecular weight is 296 g/mol. The lowest BCUT2D eigenvalue weighted by Gasteiger charge is -2.35. The van der Waals surface area contributed by atoms with E-state index < -0.39 is 0 Å². The lowest BCUT2D eigenvalue weighted by molar-refractivity contribution is 0.140. The van der Waals surface area contributed by atoms with Gasteiger partial charge in [0.05, 0.1) is 11.7 Å². The Hall–Kier alpha value is -1.68. The molecule has 0 bridgehead atoms. The van der Waals surface area contributed by atoms with Crippen molar-refractivity contribution in [1.82, 2.24) is 19.4 Å². The average Bonchev–Trinajstić information content (AvgIpc) is 3.27. The Morgan fingerprint density at radius 3 is 2.73 bits per heavy atom. The van der Waals surface area contributed by atoms with Crippen LogP contribution in [0.2, 0.25) is 0 Å². The number of pyridine rings is 1. The predicted octanol–water partition coefficient (Wildman–Crippen LogP) is 3.74. The molecule has 2 aromatic rings. The van der Waals surface area contributed by atoms with Crippen molar-refractivity contribution in [3.05, 3.63) is 42.6 Å². The lowest BCUT2D eigenvalue weighted by Crippen LogP contribution is -2.36. The summed E-state index contributed by atoms with van der Waals surface area (Å²) in [6.07, 6.45) is 15.1. The molecule has 1 aliphatic heterocycles. The van der Waals surface area contributed by atoms with Crippen LogP contribution in [0.1, 0.15) is 56.7 Å². The summed E-state index contributed by atoms with van der Waals surface area (Å²) in [5.74, 6) is 0.977. The van der Waals surface area contributed by atoms with Crippen molar-refractivity contribution >= 4 is 0 Å². The monoisotopic (exact) mass is 296 g/mol. The molecule has 0 unspecified atom stereocenters. The van der Waals surface area contributed by atoms with Gasteiger partial charge >= 0.3 is 0 Å². The van der Waals surface area contributed by atoms with Crippen LogP contribution in [-0.4, -0.2) is 32.0 Å². The molecular weight excluding hydrogens is 272 g/mol. The maximum atomic E-state index is 4.92. The highest BCUT2D eigenvalue weighted by molar-refractivity contribution is 5.26. The molecule has 0 radical (unpaired) electrons. The SMILES string of the molecule is c1cc([C@@H]2CCCN2C2CCCCC2)nc(-n2ccnc2)c1. The summed E-state index contributed by atoms with van der Waals surface area (Å²) < 4.78 is 1.99. The molecule has 1 atom stereocenters. The Bertz CT molecular complexity index is 601. The van der Waals surface area contributed by atoms with E-state index in [0.717, 1.165) is 11.9 Å². The van der Waals surface area contributed by atoms with Gasteiger partial charge < -0.3 is 0 Å². The molecule has 4 nitrogen and oxygen atoms in total. The highest BCUT2D eigenvalue weighted by atomic mass is 15.2. The van der Waals surface area contributed by atoms with Crippen LogP contribution in [0.15, 0.2) is 36.9 Å². The standard InChI is InChI=1S/C18H24N4/c1-2-6-15(7-3-1)22-12-5-9-17(22)16-8-4-10-18(20-16)21-13-11-19-14-21/h4,8,10-11,13-15,17H,1-3,5-7,9,12H2/t17-/m0/s1. The summed E-state index contributed by atoms with van der Waals surface area (Å²) in [6.45, 7) is 1.24. The smallest absolute Gasteiger partial charge is 0.138 e. The maximum Gasteiger partial charge on any atom is 0.138 e. The number of likely N-dealkylation sites (tertiary alicyclic amines) is 1. The highest BCUT2D eigenvalue weighted by Gasteiger charge is 2.33. The molecule has 0 spiro atoms. The van der Waals surface area contributed by atoms with E-state index >= 15 is 0 Å². The van der Waals surface area contributed by atoms with Crippen molar-refractivity contribution < 1.29 is 0 Å². The molecule has 116 valence electrons. The summed E-state index contributed by atoms with van der Waals surface area (Å²) in [5.41, 5.74) is 1.23. The van der Waals surface area contributed by atoms with Crippen molar-refractivity contribution in [2.24, 2.45) is 0 Å². The molecule has 1 saturated carbocycles. The summed E-state index contributed by atoms with van der Waals surface area (Å²) in [7, 11) is 0. The van der Waals surface area contributed by atoms with Gasteiger partial charge in [-0.25, -0.2) is 9.97 Å². The molecule has 1 saturated heterocycles. The van der Waals surface area contributed by atoms with Crippen molar-refractivity contribution in [2.45, 2.75) is 57.0 Å². The van der Waals surface area contributed by atoms with Crippen molar-refractivity contribution in [3.63, 3.8) is 0 Å². The van der Waals surface area contributed by atoms with E-state index in [0.29, 0.717) is 6.04 Å².